The number of aromatic nitrogens is 1. The summed E-state index contributed by atoms with van der Waals surface area (Å²) >= 11 is 0. The number of morpholine rings is 1. The molecule has 0 saturated carbocycles. The first-order valence-corrected chi connectivity index (χ1v) is 9.82. The zero-order valence-corrected chi connectivity index (χ0v) is 16.3. The van der Waals surface area contributed by atoms with Gasteiger partial charge in [-0.2, -0.15) is 0 Å². The van der Waals surface area contributed by atoms with Gasteiger partial charge >= 0.3 is 0 Å². The van der Waals surface area contributed by atoms with E-state index in [2.05, 4.69) is 4.90 Å². The van der Waals surface area contributed by atoms with Gasteiger partial charge in [0.2, 0.25) is 0 Å². The first-order valence-electron chi connectivity index (χ1n) is 9.82. The van der Waals surface area contributed by atoms with E-state index in [4.69, 9.17) is 9.47 Å². The summed E-state index contributed by atoms with van der Waals surface area (Å²) < 4.78 is 13.3. The number of fused-ring (bicyclic) bond motifs is 1. The van der Waals surface area contributed by atoms with E-state index in [0.29, 0.717) is 24.3 Å². The summed E-state index contributed by atoms with van der Waals surface area (Å²) in [6, 6.07) is 13.3. The molecule has 4 rings (SSSR count). The molecule has 6 heteroatoms. The average Bonchev–Trinajstić information content (AvgIpc) is 3.12. The maximum Gasteiger partial charge on any atom is 0.152 e. The summed E-state index contributed by atoms with van der Waals surface area (Å²) in [7, 11) is 0. The fourth-order valence-corrected chi connectivity index (χ4v) is 3.63. The van der Waals surface area contributed by atoms with Gasteiger partial charge in [-0.3, -0.25) is 14.5 Å². The van der Waals surface area contributed by atoms with E-state index in [1.807, 2.05) is 41.1 Å². The molecule has 0 bridgehead atoms. The fraction of sp³-hybridized carbons (Fsp3) is 0.304. The van der Waals surface area contributed by atoms with E-state index < -0.39 is 0 Å². The molecular formula is C23H24N2O4. The molecule has 0 atom stereocenters. The fourth-order valence-electron chi connectivity index (χ4n) is 3.63. The molecule has 0 spiro atoms. The Balaban J connectivity index is 1.48. The first-order chi connectivity index (χ1) is 14.3. The number of benzene rings is 2. The van der Waals surface area contributed by atoms with Crippen LogP contribution in [0.1, 0.15) is 26.3 Å². The summed E-state index contributed by atoms with van der Waals surface area (Å²) in [6.45, 7) is 5.52. The van der Waals surface area contributed by atoms with Crippen LogP contribution in [0.5, 0.6) is 5.75 Å². The molecule has 29 heavy (non-hydrogen) atoms. The molecule has 1 aromatic heterocycles. The van der Waals surface area contributed by atoms with Crippen LogP contribution in [0.4, 0.5) is 0 Å². The highest BCUT2D eigenvalue weighted by Crippen LogP contribution is 2.26. The van der Waals surface area contributed by atoms with E-state index in [0.717, 1.165) is 67.6 Å². The Hall–Kier alpha value is -2.96. The van der Waals surface area contributed by atoms with Crippen LogP contribution >= 0.6 is 0 Å². The lowest BCUT2D eigenvalue weighted by atomic mass is 10.1. The normalized spacial score (nSPS) is 14.8. The molecule has 2 aromatic carbocycles. The van der Waals surface area contributed by atoms with Gasteiger partial charge in [0.15, 0.2) is 6.29 Å². The van der Waals surface area contributed by atoms with Crippen LogP contribution in [0.3, 0.4) is 0 Å². The Morgan fingerprint density at radius 1 is 1.00 bits per heavy atom. The number of rotatable bonds is 8. The van der Waals surface area contributed by atoms with E-state index in [1.54, 1.807) is 12.1 Å². The maximum atomic E-state index is 11.6. The molecule has 2 heterocycles. The number of ether oxygens (including phenoxy) is 2. The van der Waals surface area contributed by atoms with Gasteiger partial charge in [-0.05, 0) is 23.8 Å². The molecule has 1 saturated heterocycles. The highest BCUT2D eigenvalue weighted by Gasteiger charge is 2.12. The minimum atomic E-state index is 0.603. The largest absolute Gasteiger partial charge is 0.492 e. The molecular weight excluding hydrogens is 368 g/mol. The van der Waals surface area contributed by atoms with Crippen LogP contribution in [0, 0.1) is 0 Å². The topological polar surface area (TPSA) is 60.8 Å². The van der Waals surface area contributed by atoms with Crippen molar-refractivity contribution in [3.05, 3.63) is 65.4 Å². The molecule has 0 aliphatic carbocycles. The highest BCUT2D eigenvalue weighted by atomic mass is 16.5. The van der Waals surface area contributed by atoms with E-state index in [1.165, 1.54) is 0 Å². The summed E-state index contributed by atoms with van der Waals surface area (Å²) in [5, 5.41) is 0.883. The van der Waals surface area contributed by atoms with Crippen LogP contribution in [0.25, 0.3) is 10.9 Å². The molecule has 1 fully saturated rings. The van der Waals surface area contributed by atoms with Gasteiger partial charge in [0.25, 0.3) is 0 Å². The number of carbonyl (C=O) groups excluding carboxylic acids is 2. The molecule has 3 aromatic rings. The number of nitrogens with zero attached hydrogens (tertiary/aromatic N) is 2. The van der Waals surface area contributed by atoms with E-state index in [9.17, 15) is 9.59 Å². The summed E-state index contributed by atoms with van der Waals surface area (Å²) in [5.41, 5.74) is 3.34. The zero-order chi connectivity index (χ0) is 20.1. The van der Waals surface area contributed by atoms with Crippen molar-refractivity contribution in [3.8, 4) is 5.75 Å². The molecule has 0 N–H and O–H groups in total. The minimum Gasteiger partial charge on any atom is -0.492 e. The van der Waals surface area contributed by atoms with Crippen LogP contribution in [0.15, 0.2) is 48.7 Å². The molecule has 1 aliphatic rings. The number of hydrogen-bond donors (Lipinski definition) is 0. The predicted octanol–water partition coefficient (Wildman–Crippen LogP) is 3.03. The van der Waals surface area contributed by atoms with Crippen molar-refractivity contribution in [2.75, 3.05) is 39.5 Å². The van der Waals surface area contributed by atoms with E-state index in [-0.39, 0.29) is 0 Å². The molecule has 0 amide bonds. The Labute approximate surface area is 169 Å². The predicted molar refractivity (Wildman–Crippen MR) is 111 cm³/mol. The first kappa shape index (κ1) is 19.4. The van der Waals surface area contributed by atoms with Crippen LogP contribution < -0.4 is 4.74 Å². The van der Waals surface area contributed by atoms with Crippen LogP contribution in [-0.4, -0.2) is 61.5 Å². The van der Waals surface area contributed by atoms with Gasteiger partial charge in [0, 0.05) is 54.4 Å². The van der Waals surface area contributed by atoms with E-state index >= 15 is 0 Å². The Morgan fingerprint density at radius 2 is 1.79 bits per heavy atom. The second-order valence-electron chi connectivity index (χ2n) is 7.17. The van der Waals surface area contributed by atoms with Gasteiger partial charge in [0.05, 0.1) is 13.2 Å². The van der Waals surface area contributed by atoms with Crippen molar-refractivity contribution >= 4 is 23.5 Å². The Kier molecular flexibility index (Phi) is 6.03. The lowest BCUT2D eigenvalue weighted by Gasteiger charge is -2.26. The third kappa shape index (κ3) is 4.55. The van der Waals surface area contributed by atoms with Crippen molar-refractivity contribution in [3.63, 3.8) is 0 Å². The van der Waals surface area contributed by atoms with Crippen molar-refractivity contribution in [1.82, 2.24) is 9.47 Å². The lowest BCUT2D eigenvalue weighted by Crippen LogP contribution is -2.38. The minimum absolute atomic E-state index is 0.603. The van der Waals surface area contributed by atoms with Gasteiger partial charge in [-0.25, -0.2) is 0 Å². The van der Waals surface area contributed by atoms with Gasteiger partial charge in [-0.15, -0.1) is 0 Å². The highest BCUT2D eigenvalue weighted by molar-refractivity contribution is 5.98. The number of hydrogen-bond acceptors (Lipinski definition) is 5. The van der Waals surface area contributed by atoms with Crippen LogP contribution in [-0.2, 0) is 11.3 Å². The zero-order valence-electron chi connectivity index (χ0n) is 16.3. The number of aldehydes is 2. The lowest BCUT2D eigenvalue weighted by molar-refractivity contribution is 0.0322. The quantitative estimate of drug-likeness (QED) is 0.552. The van der Waals surface area contributed by atoms with Crippen molar-refractivity contribution in [2.45, 2.75) is 6.54 Å². The van der Waals surface area contributed by atoms with Crippen molar-refractivity contribution in [1.29, 1.82) is 0 Å². The van der Waals surface area contributed by atoms with Crippen molar-refractivity contribution in [2.24, 2.45) is 0 Å². The molecule has 6 nitrogen and oxygen atoms in total. The van der Waals surface area contributed by atoms with Gasteiger partial charge in [-0.1, -0.05) is 24.3 Å². The summed E-state index contributed by atoms with van der Waals surface area (Å²) in [5.74, 6) is 0.766. The molecule has 150 valence electrons. The van der Waals surface area contributed by atoms with Gasteiger partial charge in [0.1, 0.15) is 18.6 Å². The summed E-state index contributed by atoms with van der Waals surface area (Å²) in [6.07, 6.45) is 3.58. The smallest absolute Gasteiger partial charge is 0.152 e. The molecule has 0 radical (unpaired) electrons. The maximum absolute atomic E-state index is 11.6. The monoisotopic (exact) mass is 392 g/mol. The second-order valence-corrected chi connectivity index (χ2v) is 7.17. The summed E-state index contributed by atoms with van der Waals surface area (Å²) in [4.78, 5) is 24.7. The van der Waals surface area contributed by atoms with Crippen LogP contribution in [0.2, 0.25) is 0 Å². The third-order valence-corrected chi connectivity index (χ3v) is 5.26. The second kappa shape index (κ2) is 9.03. The Morgan fingerprint density at radius 3 is 2.52 bits per heavy atom. The standard InChI is InChI=1S/C23H24N2O4/c26-16-19-3-1-18(2-4-19)14-25-15-20(17-27)22-13-21(5-6-23(22)25)29-12-9-24-7-10-28-11-8-24/h1-6,13,15-17H,7-12,14H2. The van der Waals surface area contributed by atoms with Gasteiger partial charge < -0.3 is 14.0 Å². The Bertz CT molecular complexity index is 988. The molecule has 0 unspecified atom stereocenters. The SMILES string of the molecule is O=Cc1ccc(Cn2cc(C=O)c3cc(OCCN4CCOCC4)ccc32)cc1. The molecule has 1 aliphatic heterocycles. The average molecular weight is 392 g/mol. The number of carbonyl (C=O) groups is 2. The third-order valence-electron chi connectivity index (χ3n) is 5.26. The van der Waals surface area contributed by atoms with Crippen molar-refractivity contribution < 1.29 is 19.1 Å².